The van der Waals surface area contributed by atoms with E-state index in [-0.39, 0.29) is 22.9 Å². The lowest BCUT2D eigenvalue weighted by molar-refractivity contribution is -0.153. The Labute approximate surface area is 129 Å². The van der Waals surface area contributed by atoms with Crippen molar-refractivity contribution in [3.63, 3.8) is 0 Å². The van der Waals surface area contributed by atoms with Crippen LogP contribution in [0, 0.1) is 0 Å². The van der Waals surface area contributed by atoms with Crippen LogP contribution in [-0.4, -0.2) is 39.3 Å². The number of thioether (sulfide) groups is 1. The van der Waals surface area contributed by atoms with Gasteiger partial charge in [0.15, 0.2) is 11.5 Å². The molecule has 0 aliphatic heterocycles. The zero-order chi connectivity index (χ0) is 16.2. The molecule has 0 spiro atoms. The summed E-state index contributed by atoms with van der Waals surface area (Å²) in [5.41, 5.74) is 5.82. The summed E-state index contributed by atoms with van der Waals surface area (Å²) in [5, 5.41) is 18.7. The number of carbonyl (C=O) groups is 1. The van der Waals surface area contributed by atoms with E-state index in [2.05, 4.69) is 0 Å². The highest BCUT2D eigenvalue weighted by Crippen LogP contribution is 2.29. The second-order valence-electron chi connectivity index (χ2n) is 5.49. The van der Waals surface area contributed by atoms with Gasteiger partial charge in [-0.2, -0.15) is 11.8 Å². The van der Waals surface area contributed by atoms with Crippen LogP contribution >= 0.6 is 11.8 Å². The maximum absolute atomic E-state index is 12.1. The first-order valence-corrected chi connectivity index (χ1v) is 8.00. The Morgan fingerprint density at radius 1 is 1.38 bits per heavy atom. The fraction of sp³-hybridized carbons (Fsp3) is 0.533. The molecule has 0 heterocycles. The number of phenols is 2. The van der Waals surface area contributed by atoms with Crippen LogP contribution in [0.15, 0.2) is 18.2 Å². The molecule has 0 fully saturated rings. The van der Waals surface area contributed by atoms with Gasteiger partial charge in [-0.15, -0.1) is 0 Å². The Morgan fingerprint density at radius 3 is 2.48 bits per heavy atom. The Kier molecular flexibility index (Phi) is 5.92. The van der Waals surface area contributed by atoms with Gasteiger partial charge in [0.1, 0.15) is 5.54 Å². The van der Waals surface area contributed by atoms with E-state index < -0.39 is 11.5 Å². The average molecular weight is 313 g/mol. The summed E-state index contributed by atoms with van der Waals surface area (Å²) in [6.45, 7) is 5.21. The molecule has 0 bridgehead atoms. The number of phenolic OH excluding ortho intramolecular Hbond substituents is 2. The molecule has 1 aromatic rings. The predicted molar refractivity (Wildman–Crippen MR) is 84.6 cm³/mol. The van der Waals surface area contributed by atoms with Gasteiger partial charge in [0, 0.05) is 5.25 Å². The summed E-state index contributed by atoms with van der Waals surface area (Å²) in [5.74, 6) is -0.801. The van der Waals surface area contributed by atoms with Crippen LogP contribution in [0.25, 0.3) is 0 Å². The normalized spacial score (nSPS) is 15.5. The Morgan fingerprint density at radius 2 is 2.00 bits per heavy atom. The van der Waals surface area contributed by atoms with Crippen molar-refractivity contribution in [2.75, 3.05) is 6.26 Å². The molecular weight excluding hydrogens is 290 g/mol. The van der Waals surface area contributed by atoms with Gasteiger partial charge in [-0.3, -0.25) is 4.79 Å². The minimum atomic E-state index is -1.14. The van der Waals surface area contributed by atoms with E-state index in [1.807, 2.05) is 6.26 Å². The van der Waals surface area contributed by atoms with E-state index in [1.54, 1.807) is 26.8 Å². The Bertz CT molecular complexity index is 502. The molecule has 0 radical (unpaired) electrons. The number of benzene rings is 1. The quantitative estimate of drug-likeness (QED) is 0.550. The van der Waals surface area contributed by atoms with E-state index >= 15 is 0 Å². The maximum Gasteiger partial charge on any atom is 0.327 e. The molecule has 0 aliphatic carbocycles. The molecule has 1 rings (SSSR count). The number of hydrogen-bond acceptors (Lipinski definition) is 6. The fourth-order valence-electron chi connectivity index (χ4n) is 1.92. The summed E-state index contributed by atoms with van der Waals surface area (Å²) >= 11 is 1.47. The molecular formula is C15H23NO4S. The zero-order valence-corrected chi connectivity index (χ0v) is 13.6. The second-order valence-corrected chi connectivity index (χ2v) is 6.53. The number of esters is 1. The number of ether oxygens (including phenoxy) is 1. The molecule has 2 unspecified atom stereocenters. The molecule has 0 aromatic heterocycles. The summed E-state index contributed by atoms with van der Waals surface area (Å²) in [6.07, 6.45) is 2.13. The first-order valence-electron chi connectivity index (χ1n) is 6.72. The topological polar surface area (TPSA) is 92.8 Å². The van der Waals surface area contributed by atoms with E-state index in [1.165, 1.54) is 23.9 Å². The van der Waals surface area contributed by atoms with Crippen molar-refractivity contribution in [3.05, 3.63) is 23.8 Å². The van der Waals surface area contributed by atoms with Crippen molar-refractivity contribution in [1.29, 1.82) is 0 Å². The lowest BCUT2D eigenvalue weighted by atomic mass is 9.93. The van der Waals surface area contributed by atoms with E-state index in [9.17, 15) is 15.0 Å². The highest BCUT2D eigenvalue weighted by molar-refractivity contribution is 7.99. The van der Waals surface area contributed by atoms with Crippen molar-refractivity contribution in [2.24, 2.45) is 5.73 Å². The molecule has 0 saturated carbocycles. The van der Waals surface area contributed by atoms with Crippen LogP contribution in [0.2, 0.25) is 0 Å². The third-order valence-electron chi connectivity index (χ3n) is 3.20. The highest BCUT2D eigenvalue weighted by atomic mass is 32.2. The SMILES string of the molecule is CSC(Cc1ccc(O)c(O)c1)C(C)(N)C(=O)OC(C)C. The molecule has 0 amide bonds. The molecule has 1 aromatic carbocycles. The summed E-state index contributed by atoms with van der Waals surface area (Å²) in [4.78, 5) is 12.1. The first kappa shape index (κ1) is 17.7. The van der Waals surface area contributed by atoms with Gasteiger partial charge in [0.2, 0.25) is 0 Å². The maximum atomic E-state index is 12.1. The Balaban J connectivity index is 2.90. The van der Waals surface area contributed by atoms with Gasteiger partial charge in [-0.25, -0.2) is 0 Å². The van der Waals surface area contributed by atoms with E-state index in [0.29, 0.717) is 6.42 Å². The van der Waals surface area contributed by atoms with Crippen molar-refractivity contribution < 1.29 is 19.7 Å². The van der Waals surface area contributed by atoms with Crippen LogP contribution in [0.1, 0.15) is 26.3 Å². The summed E-state index contributed by atoms with van der Waals surface area (Å²) in [6, 6.07) is 4.59. The molecule has 2 atom stereocenters. The average Bonchev–Trinajstić information content (AvgIpc) is 2.38. The third-order valence-corrected chi connectivity index (χ3v) is 4.42. The van der Waals surface area contributed by atoms with Gasteiger partial charge in [-0.05, 0) is 51.1 Å². The third kappa shape index (κ3) is 4.54. The Hall–Kier alpha value is -1.40. The molecule has 21 heavy (non-hydrogen) atoms. The highest BCUT2D eigenvalue weighted by Gasteiger charge is 2.39. The fourth-order valence-corrected chi connectivity index (χ4v) is 2.87. The molecule has 0 aliphatic rings. The summed E-state index contributed by atoms with van der Waals surface area (Å²) in [7, 11) is 0. The van der Waals surface area contributed by atoms with Gasteiger partial charge >= 0.3 is 5.97 Å². The number of carbonyl (C=O) groups excluding carboxylic acids is 1. The molecule has 6 heteroatoms. The number of nitrogens with two attached hydrogens (primary N) is 1. The van der Waals surface area contributed by atoms with Crippen molar-refractivity contribution >= 4 is 17.7 Å². The van der Waals surface area contributed by atoms with Gasteiger partial charge in [0.05, 0.1) is 6.10 Å². The smallest absolute Gasteiger partial charge is 0.327 e. The number of hydrogen-bond donors (Lipinski definition) is 3. The number of rotatable bonds is 6. The van der Waals surface area contributed by atoms with Crippen LogP contribution < -0.4 is 5.73 Å². The molecule has 118 valence electrons. The van der Waals surface area contributed by atoms with Gasteiger partial charge < -0.3 is 20.7 Å². The van der Waals surface area contributed by atoms with E-state index in [0.717, 1.165) is 5.56 Å². The number of aromatic hydroxyl groups is 2. The molecule has 5 nitrogen and oxygen atoms in total. The lowest BCUT2D eigenvalue weighted by Gasteiger charge is -2.31. The van der Waals surface area contributed by atoms with Crippen LogP contribution in [0.5, 0.6) is 11.5 Å². The standard InChI is InChI=1S/C15H23NO4S/c1-9(2)20-14(19)15(3,16)13(21-4)8-10-5-6-11(17)12(18)7-10/h5-7,9,13,17-18H,8,16H2,1-4H3. The molecule has 4 N–H and O–H groups in total. The minimum Gasteiger partial charge on any atom is -0.504 e. The van der Waals surface area contributed by atoms with Gasteiger partial charge in [0.25, 0.3) is 0 Å². The molecule has 0 saturated heterocycles. The second kappa shape index (κ2) is 7.04. The minimum absolute atomic E-state index is 0.172. The van der Waals surface area contributed by atoms with Crippen molar-refractivity contribution in [1.82, 2.24) is 0 Å². The largest absolute Gasteiger partial charge is 0.504 e. The van der Waals surface area contributed by atoms with E-state index in [4.69, 9.17) is 10.5 Å². The van der Waals surface area contributed by atoms with Gasteiger partial charge in [-0.1, -0.05) is 6.07 Å². The zero-order valence-electron chi connectivity index (χ0n) is 12.8. The first-order chi connectivity index (χ1) is 9.68. The van der Waals surface area contributed by atoms with Crippen LogP contribution in [0.3, 0.4) is 0 Å². The lowest BCUT2D eigenvalue weighted by Crippen LogP contribution is -2.55. The summed E-state index contributed by atoms with van der Waals surface area (Å²) < 4.78 is 5.21. The van der Waals surface area contributed by atoms with Crippen molar-refractivity contribution in [3.8, 4) is 11.5 Å². The van der Waals surface area contributed by atoms with Crippen molar-refractivity contribution in [2.45, 2.75) is 44.1 Å². The van der Waals surface area contributed by atoms with Crippen LogP contribution in [-0.2, 0) is 16.0 Å². The monoisotopic (exact) mass is 313 g/mol. The predicted octanol–water partition coefficient (Wildman–Crippen LogP) is 2.04. The van der Waals surface area contributed by atoms with Crippen LogP contribution in [0.4, 0.5) is 0 Å².